The van der Waals surface area contributed by atoms with Gasteiger partial charge in [-0.25, -0.2) is 8.42 Å². The van der Waals surface area contributed by atoms with Gasteiger partial charge in [-0.2, -0.15) is 0 Å². The van der Waals surface area contributed by atoms with Gasteiger partial charge >= 0.3 is 0 Å². The van der Waals surface area contributed by atoms with Crippen LogP contribution in [0.1, 0.15) is 34.6 Å². The van der Waals surface area contributed by atoms with Crippen molar-refractivity contribution >= 4 is 62.1 Å². The second-order valence-corrected chi connectivity index (χ2v) is 14.6. The third-order valence-electron chi connectivity index (χ3n) is 3.07. The highest BCUT2D eigenvalue weighted by Gasteiger charge is 2.42. The van der Waals surface area contributed by atoms with Crippen molar-refractivity contribution in [3.05, 3.63) is 35.4 Å². The van der Waals surface area contributed by atoms with Crippen LogP contribution in [0.4, 0.5) is 0 Å². The van der Waals surface area contributed by atoms with E-state index >= 15 is 0 Å². The van der Waals surface area contributed by atoms with Gasteiger partial charge in [-0.05, 0) is 49.2 Å². The molecular weight excluding hydrogens is 465 g/mol. The summed E-state index contributed by atoms with van der Waals surface area (Å²) < 4.78 is 30.4. The zero-order chi connectivity index (χ0) is 21.5. The first-order valence-corrected chi connectivity index (χ1v) is 15.2. The van der Waals surface area contributed by atoms with Crippen molar-refractivity contribution in [3.8, 4) is 0 Å². The molecule has 1 heterocycles. The maximum absolute atomic E-state index is 12.5. The van der Waals surface area contributed by atoms with Gasteiger partial charge in [0.1, 0.15) is 15.2 Å². The number of nitrogens with zero attached hydrogens (tertiary/aromatic N) is 1. The molecule has 1 aliphatic heterocycles. The van der Waals surface area contributed by atoms with Crippen molar-refractivity contribution in [1.29, 1.82) is 0 Å². The van der Waals surface area contributed by atoms with Gasteiger partial charge in [0.2, 0.25) is 5.69 Å². The lowest BCUT2D eigenvalue weighted by Crippen LogP contribution is -2.39. The summed E-state index contributed by atoms with van der Waals surface area (Å²) in [5.74, 6) is -0.675. The fourth-order valence-corrected chi connectivity index (χ4v) is 8.16. The fraction of sp³-hybridized carbons (Fsp3) is 0.500. The number of benzene rings is 1. The van der Waals surface area contributed by atoms with Crippen LogP contribution in [0.15, 0.2) is 24.3 Å². The minimum atomic E-state index is -2.67. The standard InChI is InChI=1S/C14H17ClNO4PS2.C2H6O2S/c1-3-19-21(22,20-4-2)23-12(9-15)16-13(17)10-7-5-6-8-11(10)14(16)18;1-5(2,3)4/h5-8,12H,3-4,9H2,1-2H3;1-2H3. The van der Waals surface area contributed by atoms with Gasteiger partial charge in [0.05, 0.1) is 30.2 Å². The number of imide groups is 1. The second kappa shape index (κ2) is 11.1. The van der Waals surface area contributed by atoms with Crippen LogP contribution in [-0.2, 0) is 30.7 Å². The molecule has 1 aromatic rings. The second-order valence-electron chi connectivity index (χ2n) is 5.67. The van der Waals surface area contributed by atoms with Gasteiger partial charge in [0, 0.05) is 12.5 Å². The molecule has 0 saturated heterocycles. The normalized spacial score (nSPS) is 15.1. The van der Waals surface area contributed by atoms with Gasteiger partial charge in [-0.3, -0.25) is 14.5 Å². The molecule has 0 N–H and O–H groups in total. The molecule has 1 aromatic carbocycles. The summed E-state index contributed by atoms with van der Waals surface area (Å²) in [5, 5.41) is -0.631. The summed E-state index contributed by atoms with van der Waals surface area (Å²) >= 11 is 12.6. The average Bonchev–Trinajstić information content (AvgIpc) is 2.84. The largest absolute Gasteiger partial charge is 0.322 e. The van der Waals surface area contributed by atoms with Gasteiger partial charge < -0.3 is 9.05 Å². The summed E-state index contributed by atoms with van der Waals surface area (Å²) in [6.07, 6.45) is 2.32. The number of rotatable bonds is 8. The molecule has 0 bridgehead atoms. The maximum atomic E-state index is 12.5. The van der Waals surface area contributed by atoms with Crippen molar-refractivity contribution in [2.75, 3.05) is 31.6 Å². The minimum absolute atomic E-state index is 0.0503. The summed E-state index contributed by atoms with van der Waals surface area (Å²) in [4.78, 5) is 26.2. The minimum Gasteiger partial charge on any atom is -0.322 e. The Balaban J connectivity index is 0.000000696. The molecular formula is C16H23ClNO6PS3. The van der Waals surface area contributed by atoms with Crippen molar-refractivity contribution in [3.63, 3.8) is 0 Å². The molecule has 7 nitrogen and oxygen atoms in total. The fourth-order valence-electron chi connectivity index (χ4n) is 2.18. The Kier molecular flexibility index (Phi) is 10.1. The Labute approximate surface area is 179 Å². The molecule has 0 aromatic heterocycles. The first-order valence-electron chi connectivity index (χ1n) is 8.22. The van der Waals surface area contributed by atoms with Crippen LogP contribution in [0, 0.1) is 0 Å². The number of carbonyl (C=O) groups excluding carboxylic acids is 2. The third-order valence-corrected chi connectivity index (χ3v) is 9.12. The van der Waals surface area contributed by atoms with Crippen molar-refractivity contribution < 1.29 is 27.1 Å². The monoisotopic (exact) mass is 487 g/mol. The maximum Gasteiger partial charge on any atom is 0.262 e. The van der Waals surface area contributed by atoms with Crippen LogP contribution >= 0.6 is 28.7 Å². The highest BCUT2D eigenvalue weighted by molar-refractivity contribution is 8.68. The van der Waals surface area contributed by atoms with Crippen LogP contribution in [0.3, 0.4) is 0 Å². The molecule has 0 spiro atoms. The zero-order valence-electron chi connectivity index (χ0n) is 16.0. The number of fused-ring (bicyclic) bond motifs is 1. The lowest BCUT2D eigenvalue weighted by molar-refractivity contribution is 0.0648. The Bertz CT molecular complexity index is 811. The SMILES string of the molecule is CCOP(=S)(OCC)SC(CCl)N1C(=O)c2ccccc2C1=O.CS(C)(=O)=O. The molecule has 2 rings (SSSR count). The molecule has 0 aliphatic carbocycles. The van der Waals surface area contributed by atoms with E-state index in [0.29, 0.717) is 24.3 Å². The number of hydrogen-bond donors (Lipinski definition) is 0. The van der Waals surface area contributed by atoms with Crippen LogP contribution in [0.2, 0.25) is 0 Å². The highest BCUT2D eigenvalue weighted by atomic mass is 35.5. The molecule has 2 amide bonds. The molecule has 158 valence electrons. The van der Waals surface area contributed by atoms with Gasteiger partial charge in [0.25, 0.3) is 11.8 Å². The van der Waals surface area contributed by atoms with Gasteiger partial charge in [-0.1, -0.05) is 12.1 Å². The lowest BCUT2D eigenvalue weighted by Gasteiger charge is -2.29. The predicted octanol–water partition coefficient (Wildman–Crippen LogP) is 3.54. The number of hydrogen-bond acceptors (Lipinski definition) is 8. The molecule has 12 heteroatoms. The number of carbonyl (C=O) groups is 2. The number of amides is 2. The van der Waals surface area contributed by atoms with Crippen molar-refractivity contribution in [1.82, 2.24) is 4.90 Å². The van der Waals surface area contributed by atoms with E-state index in [2.05, 4.69) is 0 Å². The van der Waals surface area contributed by atoms with Crippen molar-refractivity contribution in [2.24, 2.45) is 0 Å². The first-order chi connectivity index (χ1) is 13.0. The molecule has 0 fully saturated rings. The van der Waals surface area contributed by atoms with E-state index in [1.807, 2.05) is 13.8 Å². The number of alkyl halides is 1. The topological polar surface area (TPSA) is 90.0 Å². The molecule has 28 heavy (non-hydrogen) atoms. The van der Waals surface area contributed by atoms with E-state index in [1.54, 1.807) is 24.3 Å². The molecule has 1 aliphatic rings. The van der Waals surface area contributed by atoms with E-state index in [9.17, 15) is 18.0 Å². The van der Waals surface area contributed by atoms with Crippen molar-refractivity contribution in [2.45, 2.75) is 19.2 Å². The quantitative estimate of drug-likeness (QED) is 0.312. The Hall–Kier alpha value is -0.480. The molecule has 1 atom stereocenters. The summed E-state index contributed by atoms with van der Waals surface area (Å²) in [5.41, 5.74) is -1.91. The summed E-state index contributed by atoms with van der Waals surface area (Å²) in [6, 6.07) is 6.71. The molecule has 0 saturated carbocycles. The highest BCUT2D eigenvalue weighted by Crippen LogP contribution is 2.63. The van der Waals surface area contributed by atoms with E-state index in [4.69, 9.17) is 32.5 Å². The average molecular weight is 488 g/mol. The lowest BCUT2D eigenvalue weighted by atomic mass is 10.1. The van der Waals surface area contributed by atoms with E-state index in [0.717, 1.165) is 28.8 Å². The Morgan fingerprint density at radius 1 is 1.11 bits per heavy atom. The third kappa shape index (κ3) is 7.40. The van der Waals surface area contributed by atoms with Crippen LogP contribution < -0.4 is 0 Å². The predicted molar refractivity (Wildman–Crippen MR) is 117 cm³/mol. The van der Waals surface area contributed by atoms with Crippen LogP contribution in [0.25, 0.3) is 0 Å². The van der Waals surface area contributed by atoms with Gasteiger partial charge in [-0.15, -0.1) is 11.6 Å². The first kappa shape index (κ1) is 25.6. The van der Waals surface area contributed by atoms with Crippen LogP contribution in [-0.4, -0.2) is 62.1 Å². The molecule has 1 unspecified atom stereocenters. The van der Waals surface area contributed by atoms with Gasteiger partial charge in [0.15, 0.2) is 0 Å². The number of sulfone groups is 1. The van der Waals surface area contributed by atoms with Crippen LogP contribution in [0.5, 0.6) is 0 Å². The summed E-state index contributed by atoms with van der Waals surface area (Å²) in [6.45, 7) is 4.42. The van der Waals surface area contributed by atoms with E-state index < -0.39 is 20.9 Å². The zero-order valence-corrected chi connectivity index (χ0v) is 20.1. The Morgan fingerprint density at radius 3 is 1.82 bits per heavy atom. The summed E-state index contributed by atoms with van der Waals surface area (Å²) in [7, 11) is -2.67. The number of halogens is 1. The molecule has 0 radical (unpaired) electrons. The van der Waals surface area contributed by atoms with E-state index in [1.165, 1.54) is 0 Å². The van der Waals surface area contributed by atoms with E-state index in [-0.39, 0.29) is 17.7 Å². The smallest absolute Gasteiger partial charge is 0.262 e. The Morgan fingerprint density at radius 2 is 1.50 bits per heavy atom.